The van der Waals surface area contributed by atoms with Crippen LogP contribution in [-0.2, 0) is 6.42 Å². The quantitative estimate of drug-likeness (QED) is 0.668. The normalized spacial score (nSPS) is 18.5. The highest BCUT2D eigenvalue weighted by Crippen LogP contribution is 2.20. The molecule has 0 unspecified atom stereocenters. The molecular formula is C19H25N5O. The first-order valence-corrected chi connectivity index (χ1v) is 9.13. The van der Waals surface area contributed by atoms with Crippen molar-refractivity contribution < 1.29 is 4.42 Å². The van der Waals surface area contributed by atoms with Crippen LogP contribution in [0.4, 0.5) is 5.82 Å². The number of hydrogen-bond donors (Lipinski definition) is 1. The van der Waals surface area contributed by atoms with E-state index in [2.05, 4.69) is 26.2 Å². The molecule has 2 aliphatic rings. The number of aromatic nitrogens is 1. The third kappa shape index (κ3) is 4.32. The first-order valence-electron chi connectivity index (χ1n) is 9.13. The third-order valence-electron chi connectivity index (χ3n) is 4.66. The number of guanidine groups is 1. The molecule has 0 bridgehead atoms. The van der Waals surface area contributed by atoms with Gasteiger partial charge in [0.05, 0.1) is 6.26 Å². The maximum Gasteiger partial charge on any atom is 0.194 e. The molecule has 0 atom stereocenters. The minimum Gasteiger partial charge on any atom is -0.469 e. The van der Waals surface area contributed by atoms with Gasteiger partial charge in [-0.2, -0.15) is 0 Å². The molecule has 0 amide bonds. The summed E-state index contributed by atoms with van der Waals surface area (Å²) in [5, 5.41) is 3.61. The molecule has 0 aromatic carbocycles. The summed E-state index contributed by atoms with van der Waals surface area (Å²) in [6.07, 6.45) is 6.93. The fraction of sp³-hybridized carbons (Fsp3) is 0.474. The highest BCUT2D eigenvalue weighted by molar-refractivity contribution is 5.81. The molecule has 0 radical (unpaired) electrons. The zero-order valence-electron chi connectivity index (χ0n) is 14.5. The van der Waals surface area contributed by atoms with Gasteiger partial charge in [0.2, 0.25) is 0 Å². The lowest BCUT2D eigenvalue weighted by atomic mass is 10.3. The SMILES string of the molecule is c1ccc(N2CCN(C(=NCCc3ccco3)NC3CC3)CC2)nc1. The number of nitrogens with zero attached hydrogens (tertiary/aromatic N) is 4. The second kappa shape index (κ2) is 7.59. The summed E-state index contributed by atoms with van der Waals surface area (Å²) < 4.78 is 5.40. The average Bonchev–Trinajstić information content (AvgIpc) is 3.34. The van der Waals surface area contributed by atoms with Gasteiger partial charge in [0, 0.05) is 51.4 Å². The molecule has 132 valence electrons. The van der Waals surface area contributed by atoms with Gasteiger partial charge in [-0.1, -0.05) is 6.07 Å². The molecule has 2 aromatic rings. The molecule has 1 saturated heterocycles. The second-order valence-electron chi connectivity index (χ2n) is 6.62. The predicted octanol–water partition coefficient (Wildman–Crippen LogP) is 2.15. The Kier molecular flexibility index (Phi) is 4.86. The summed E-state index contributed by atoms with van der Waals surface area (Å²) in [5.41, 5.74) is 0. The summed E-state index contributed by atoms with van der Waals surface area (Å²) in [6.45, 7) is 4.63. The molecule has 1 N–H and O–H groups in total. The third-order valence-corrected chi connectivity index (χ3v) is 4.66. The number of piperazine rings is 1. The van der Waals surface area contributed by atoms with E-state index in [1.54, 1.807) is 6.26 Å². The molecule has 25 heavy (non-hydrogen) atoms. The largest absolute Gasteiger partial charge is 0.469 e. The van der Waals surface area contributed by atoms with Gasteiger partial charge >= 0.3 is 0 Å². The van der Waals surface area contributed by atoms with Crippen LogP contribution in [0.2, 0.25) is 0 Å². The summed E-state index contributed by atoms with van der Waals surface area (Å²) in [5.74, 6) is 3.11. The van der Waals surface area contributed by atoms with Crippen molar-refractivity contribution in [3.63, 3.8) is 0 Å². The zero-order chi connectivity index (χ0) is 16.9. The van der Waals surface area contributed by atoms with Crippen LogP contribution in [0.5, 0.6) is 0 Å². The van der Waals surface area contributed by atoms with Crippen molar-refractivity contribution in [1.29, 1.82) is 0 Å². The van der Waals surface area contributed by atoms with Gasteiger partial charge in [-0.3, -0.25) is 4.99 Å². The molecular weight excluding hydrogens is 314 g/mol. The van der Waals surface area contributed by atoms with Crippen molar-refractivity contribution in [2.24, 2.45) is 4.99 Å². The number of rotatable bonds is 5. The second-order valence-corrected chi connectivity index (χ2v) is 6.62. The van der Waals surface area contributed by atoms with Crippen LogP contribution in [0, 0.1) is 0 Å². The Labute approximate surface area is 148 Å². The van der Waals surface area contributed by atoms with Crippen LogP contribution in [0.25, 0.3) is 0 Å². The predicted molar refractivity (Wildman–Crippen MR) is 98.9 cm³/mol. The lowest BCUT2D eigenvalue weighted by Crippen LogP contribution is -2.53. The Balaban J connectivity index is 1.35. The van der Waals surface area contributed by atoms with Crippen LogP contribution in [-0.4, -0.2) is 54.6 Å². The van der Waals surface area contributed by atoms with Crippen LogP contribution >= 0.6 is 0 Å². The van der Waals surface area contributed by atoms with Crippen molar-refractivity contribution in [3.05, 3.63) is 48.6 Å². The van der Waals surface area contributed by atoms with E-state index in [1.165, 1.54) is 12.8 Å². The number of pyridine rings is 1. The van der Waals surface area contributed by atoms with Crippen LogP contribution in [0.1, 0.15) is 18.6 Å². The van der Waals surface area contributed by atoms with Gasteiger partial charge in [0.1, 0.15) is 11.6 Å². The molecule has 1 aliphatic carbocycles. The summed E-state index contributed by atoms with van der Waals surface area (Å²) >= 11 is 0. The van der Waals surface area contributed by atoms with Crippen molar-refractivity contribution >= 4 is 11.8 Å². The van der Waals surface area contributed by atoms with E-state index in [1.807, 2.05) is 30.5 Å². The van der Waals surface area contributed by atoms with Crippen LogP contribution in [0.15, 0.2) is 52.2 Å². The number of aliphatic imine (C=N–C) groups is 1. The minimum absolute atomic E-state index is 0.608. The molecule has 4 rings (SSSR count). The Bertz CT molecular complexity index is 673. The molecule has 6 heteroatoms. The number of nitrogens with one attached hydrogen (secondary N) is 1. The van der Waals surface area contributed by atoms with Gasteiger partial charge in [0.25, 0.3) is 0 Å². The molecule has 1 aliphatic heterocycles. The molecule has 2 aromatic heterocycles. The maximum atomic E-state index is 5.40. The molecule has 3 heterocycles. The standard InChI is InChI=1S/C19H25N5O/c1-2-9-20-18(5-1)23-11-13-24(14-12-23)19(22-16-6-7-16)21-10-8-17-4-3-15-25-17/h1-5,9,15-16H,6-8,10-14H2,(H,21,22). The zero-order valence-corrected chi connectivity index (χ0v) is 14.5. The highest BCUT2D eigenvalue weighted by Gasteiger charge is 2.26. The van der Waals surface area contributed by atoms with Crippen molar-refractivity contribution in [3.8, 4) is 0 Å². The Hall–Kier alpha value is -2.50. The fourth-order valence-corrected chi connectivity index (χ4v) is 3.06. The number of furan rings is 1. The van der Waals surface area contributed by atoms with Gasteiger partial charge in [0.15, 0.2) is 5.96 Å². The molecule has 0 spiro atoms. The number of anilines is 1. The van der Waals surface area contributed by atoms with Gasteiger partial charge < -0.3 is 19.5 Å². The van der Waals surface area contributed by atoms with E-state index in [4.69, 9.17) is 9.41 Å². The van der Waals surface area contributed by atoms with E-state index in [0.29, 0.717) is 6.04 Å². The van der Waals surface area contributed by atoms with E-state index < -0.39 is 0 Å². The molecule has 6 nitrogen and oxygen atoms in total. The van der Waals surface area contributed by atoms with Gasteiger partial charge in [-0.05, 0) is 37.1 Å². The van der Waals surface area contributed by atoms with E-state index in [9.17, 15) is 0 Å². The summed E-state index contributed by atoms with van der Waals surface area (Å²) in [6, 6.07) is 10.6. The van der Waals surface area contributed by atoms with Crippen LogP contribution < -0.4 is 10.2 Å². The maximum absolute atomic E-state index is 5.40. The van der Waals surface area contributed by atoms with Crippen LogP contribution in [0.3, 0.4) is 0 Å². The summed E-state index contributed by atoms with van der Waals surface area (Å²) in [4.78, 5) is 14.0. The molecule has 2 fully saturated rings. The smallest absolute Gasteiger partial charge is 0.194 e. The van der Waals surface area contributed by atoms with Gasteiger partial charge in [-0.15, -0.1) is 0 Å². The van der Waals surface area contributed by atoms with E-state index in [-0.39, 0.29) is 0 Å². The lowest BCUT2D eigenvalue weighted by Gasteiger charge is -2.37. The average molecular weight is 339 g/mol. The lowest BCUT2D eigenvalue weighted by molar-refractivity contribution is 0.370. The van der Waals surface area contributed by atoms with Crippen molar-refractivity contribution in [1.82, 2.24) is 15.2 Å². The first-order chi connectivity index (χ1) is 12.4. The van der Waals surface area contributed by atoms with E-state index >= 15 is 0 Å². The Morgan fingerprint density at radius 3 is 2.72 bits per heavy atom. The topological polar surface area (TPSA) is 56.9 Å². The Morgan fingerprint density at radius 2 is 2.04 bits per heavy atom. The van der Waals surface area contributed by atoms with Crippen molar-refractivity contribution in [2.45, 2.75) is 25.3 Å². The monoisotopic (exact) mass is 339 g/mol. The highest BCUT2D eigenvalue weighted by atomic mass is 16.3. The summed E-state index contributed by atoms with van der Waals surface area (Å²) in [7, 11) is 0. The number of hydrogen-bond acceptors (Lipinski definition) is 4. The Morgan fingerprint density at radius 1 is 1.16 bits per heavy atom. The van der Waals surface area contributed by atoms with Crippen molar-refractivity contribution in [2.75, 3.05) is 37.6 Å². The van der Waals surface area contributed by atoms with E-state index in [0.717, 1.165) is 56.7 Å². The molecule has 1 saturated carbocycles. The van der Waals surface area contributed by atoms with Gasteiger partial charge in [-0.25, -0.2) is 4.98 Å². The first kappa shape index (κ1) is 16.0. The fourth-order valence-electron chi connectivity index (χ4n) is 3.06. The minimum atomic E-state index is 0.608.